The van der Waals surface area contributed by atoms with Gasteiger partial charge in [-0.15, -0.1) is 0 Å². The summed E-state index contributed by atoms with van der Waals surface area (Å²) in [5, 5.41) is 23.4. The van der Waals surface area contributed by atoms with Crippen molar-refractivity contribution in [2.45, 2.75) is 6.54 Å². The highest BCUT2D eigenvalue weighted by molar-refractivity contribution is 9.10. The van der Waals surface area contributed by atoms with E-state index in [2.05, 4.69) is 21.2 Å². The SMILES string of the molecule is O=[N+]([O-])c1ccc(Br)cc1CNCC1(CO)COC1. The summed E-state index contributed by atoms with van der Waals surface area (Å²) in [6.45, 7) is 2.07. The minimum absolute atomic E-state index is 0.0561. The van der Waals surface area contributed by atoms with Gasteiger partial charge in [0.2, 0.25) is 0 Å². The van der Waals surface area contributed by atoms with E-state index in [4.69, 9.17) is 4.74 Å². The van der Waals surface area contributed by atoms with Crippen molar-refractivity contribution in [1.29, 1.82) is 0 Å². The highest BCUT2D eigenvalue weighted by Crippen LogP contribution is 2.27. The minimum Gasteiger partial charge on any atom is -0.396 e. The summed E-state index contributed by atoms with van der Waals surface area (Å²) < 4.78 is 5.90. The van der Waals surface area contributed by atoms with Gasteiger partial charge in [-0.05, 0) is 12.1 Å². The fourth-order valence-corrected chi connectivity index (χ4v) is 2.38. The summed E-state index contributed by atoms with van der Waals surface area (Å²) >= 11 is 3.30. The van der Waals surface area contributed by atoms with Crippen LogP contribution in [-0.2, 0) is 11.3 Å². The molecule has 0 aliphatic carbocycles. The molecule has 2 N–H and O–H groups in total. The van der Waals surface area contributed by atoms with Crippen molar-refractivity contribution in [1.82, 2.24) is 5.32 Å². The van der Waals surface area contributed by atoms with Crippen LogP contribution < -0.4 is 5.32 Å². The minimum atomic E-state index is -0.391. The molecule has 7 heteroatoms. The molecule has 0 atom stereocenters. The molecular formula is C12H15BrN2O4. The van der Waals surface area contributed by atoms with Crippen LogP contribution in [0.4, 0.5) is 5.69 Å². The summed E-state index contributed by atoms with van der Waals surface area (Å²) in [4.78, 5) is 10.5. The Hall–Kier alpha value is -1.02. The van der Waals surface area contributed by atoms with Crippen LogP contribution in [-0.4, -0.2) is 36.4 Å². The van der Waals surface area contributed by atoms with E-state index in [9.17, 15) is 15.2 Å². The summed E-state index contributed by atoms with van der Waals surface area (Å²) in [5.41, 5.74) is 0.479. The van der Waals surface area contributed by atoms with Crippen LogP contribution in [0.15, 0.2) is 22.7 Å². The van der Waals surface area contributed by atoms with Gasteiger partial charge in [-0.2, -0.15) is 0 Å². The molecule has 1 aliphatic heterocycles. The van der Waals surface area contributed by atoms with Crippen molar-refractivity contribution in [2.24, 2.45) is 5.41 Å². The fourth-order valence-electron chi connectivity index (χ4n) is 1.98. The van der Waals surface area contributed by atoms with Gasteiger partial charge in [-0.3, -0.25) is 10.1 Å². The number of nitro benzene ring substituents is 1. The van der Waals surface area contributed by atoms with E-state index in [1.54, 1.807) is 12.1 Å². The zero-order valence-electron chi connectivity index (χ0n) is 10.3. The molecule has 104 valence electrons. The number of nitrogens with one attached hydrogen (secondary N) is 1. The number of hydrogen-bond donors (Lipinski definition) is 2. The van der Waals surface area contributed by atoms with E-state index in [-0.39, 0.29) is 17.7 Å². The van der Waals surface area contributed by atoms with Gasteiger partial charge in [0.05, 0.1) is 30.2 Å². The van der Waals surface area contributed by atoms with Gasteiger partial charge in [0.1, 0.15) is 0 Å². The normalized spacial score (nSPS) is 16.9. The Balaban J connectivity index is 1.99. The molecule has 1 aliphatic rings. The van der Waals surface area contributed by atoms with Crippen LogP contribution >= 0.6 is 15.9 Å². The van der Waals surface area contributed by atoms with E-state index >= 15 is 0 Å². The van der Waals surface area contributed by atoms with Gasteiger partial charge in [0.25, 0.3) is 5.69 Å². The predicted molar refractivity (Wildman–Crippen MR) is 72.8 cm³/mol. The van der Waals surface area contributed by atoms with E-state index < -0.39 is 4.92 Å². The second kappa shape index (κ2) is 5.96. The monoisotopic (exact) mass is 330 g/mol. The Kier molecular flexibility index (Phi) is 4.51. The van der Waals surface area contributed by atoms with Crippen LogP contribution in [0, 0.1) is 15.5 Å². The third-order valence-corrected chi connectivity index (χ3v) is 3.70. The summed E-state index contributed by atoms with van der Waals surface area (Å²) in [6, 6.07) is 4.86. The van der Waals surface area contributed by atoms with Crippen LogP contribution in [0.25, 0.3) is 0 Å². The first-order chi connectivity index (χ1) is 9.06. The molecule has 0 amide bonds. The number of hydrogen-bond acceptors (Lipinski definition) is 5. The zero-order chi connectivity index (χ0) is 13.9. The Morgan fingerprint density at radius 1 is 1.53 bits per heavy atom. The molecule has 1 saturated heterocycles. The summed E-state index contributed by atoms with van der Waals surface area (Å²) in [5.74, 6) is 0. The molecule has 0 saturated carbocycles. The van der Waals surface area contributed by atoms with Crippen LogP contribution in [0.2, 0.25) is 0 Å². The molecular weight excluding hydrogens is 316 g/mol. The molecule has 0 radical (unpaired) electrons. The Bertz CT molecular complexity index is 471. The molecule has 1 aromatic carbocycles. The van der Waals surface area contributed by atoms with Gasteiger partial charge in [0, 0.05) is 29.2 Å². The fraction of sp³-hybridized carbons (Fsp3) is 0.500. The second-order valence-electron chi connectivity index (χ2n) is 4.78. The maximum Gasteiger partial charge on any atom is 0.273 e. The number of aliphatic hydroxyl groups excluding tert-OH is 1. The van der Waals surface area contributed by atoms with E-state index in [0.29, 0.717) is 31.9 Å². The molecule has 6 nitrogen and oxygen atoms in total. The largest absolute Gasteiger partial charge is 0.396 e. The van der Waals surface area contributed by atoms with E-state index in [0.717, 1.165) is 4.47 Å². The van der Waals surface area contributed by atoms with Crippen LogP contribution in [0.1, 0.15) is 5.56 Å². The third kappa shape index (κ3) is 3.30. The first kappa shape index (κ1) is 14.4. The average Bonchev–Trinajstić information content (AvgIpc) is 2.32. The van der Waals surface area contributed by atoms with Crippen molar-refractivity contribution in [3.63, 3.8) is 0 Å². The molecule has 0 bridgehead atoms. The number of aliphatic hydroxyl groups is 1. The molecule has 0 spiro atoms. The molecule has 0 unspecified atom stereocenters. The quantitative estimate of drug-likeness (QED) is 0.609. The van der Waals surface area contributed by atoms with Crippen molar-refractivity contribution in [3.05, 3.63) is 38.3 Å². The second-order valence-corrected chi connectivity index (χ2v) is 5.70. The molecule has 2 rings (SSSR count). The van der Waals surface area contributed by atoms with Crippen LogP contribution in [0.5, 0.6) is 0 Å². The highest BCUT2D eigenvalue weighted by Gasteiger charge is 2.37. The Morgan fingerprint density at radius 2 is 2.26 bits per heavy atom. The number of benzene rings is 1. The van der Waals surface area contributed by atoms with Crippen molar-refractivity contribution >= 4 is 21.6 Å². The first-order valence-electron chi connectivity index (χ1n) is 5.88. The smallest absolute Gasteiger partial charge is 0.273 e. The van der Waals surface area contributed by atoms with Crippen LogP contribution in [0.3, 0.4) is 0 Å². The number of ether oxygens (including phenoxy) is 1. The summed E-state index contributed by atoms with van der Waals surface area (Å²) in [7, 11) is 0. The topological polar surface area (TPSA) is 84.6 Å². The van der Waals surface area contributed by atoms with Crippen molar-refractivity contribution in [2.75, 3.05) is 26.4 Å². The van der Waals surface area contributed by atoms with Crippen molar-refractivity contribution in [3.8, 4) is 0 Å². The molecule has 1 heterocycles. The number of nitrogens with zero attached hydrogens (tertiary/aromatic N) is 1. The highest BCUT2D eigenvalue weighted by atomic mass is 79.9. The predicted octanol–water partition coefficient (Wildman–Crippen LogP) is 1.46. The first-order valence-corrected chi connectivity index (χ1v) is 6.68. The molecule has 0 aromatic heterocycles. The maximum absolute atomic E-state index is 10.9. The van der Waals surface area contributed by atoms with E-state index in [1.165, 1.54) is 6.07 Å². The van der Waals surface area contributed by atoms with Gasteiger partial charge >= 0.3 is 0 Å². The Labute approximate surface area is 119 Å². The van der Waals surface area contributed by atoms with Gasteiger partial charge in [-0.25, -0.2) is 0 Å². The standard InChI is InChI=1S/C12H15BrN2O4/c13-10-1-2-11(15(17)18)9(3-10)4-14-5-12(6-16)7-19-8-12/h1-3,14,16H,4-8H2. The Morgan fingerprint density at radius 3 is 2.79 bits per heavy atom. The maximum atomic E-state index is 10.9. The van der Waals surface area contributed by atoms with Gasteiger partial charge < -0.3 is 15.2 Å². The van der Waals surface area contributed by atoms with E-state index in [1.807, 2.05) is 0 Å². The summed E-state index contributed by atoms with van der Waals surface area (Å²) in [6.07, 6.45) is 0. The number of rotatable bonds is 6. The third-order valence-electron chi connectivity index (χ3n) is 3.21. The van der Waals surface area contributed by atoms with Gasteiger partial charge in [-0.1, -0.05) is 15.9 Å². The molecule has 1 aromatic rings. The lowest BCUT2D eigenvalue weighted by Crippen LogP contribution is -2.52. The number of halogens is 1. The zero-order valence-corrected chi connectivity index (χ0v) is 11.9. The lowest BCUT2D eigenvalue weighted by molar-refractivity contribution is -0.385. The van der Waals surface area contributed by atoms with Crippen molar-refractivity contribution < 1.29 is 14.8 Å². The molecule has 1 fully saturated rings. The molecule has 19 heavy (non-hydrogen) atoms. The average molecular weight is 331 g/mol. The van der Waals surface area contributed by atoms with Gasteiger partial charge in [0.15, 0.2) is 0 Å². The number of nitro groups is 1. The lowest BCUT2D eigenvalue weighted by Gasteiger charge is -2.40. The lowest BCUT2D eigenvalue weighted by atomic mass is 9.87.